The van der Waals surface area contributed by atoms with Gasteiger partial charge in [-0.15, -0.1) is 0 Å². The Labute approximate surface area is 191 Å². The lowest BCUT2D eigenvalue weighted by molar-refractivity contribution is -0.720. The molecular weight excluding hydrogens is 392 g/mol. The predicted octanol–water partition coefficient (Wildman–Crippen LogP) is 6.22. The quantitative estimate of drug-likeness (QED) is 0.337. The first kappa shape index (κ1) is 20.7. The highest BCUT2D eigenvalue weighted by Crippen LogP contribution is 2.44. The van der Waals surface area contributed by atoms with E-state index in [9.17, 15) is 5.11 Å². The minimum absolute atomic E-state index is 0.316. The second-order valence-corrected chi connectivity index (χ2v) is 9.38. The van der Waals surface area contributed by atoms with E-state index in [1.807, 2.05) is 6.92 Å². The van der Waals surface area contributed by atoms with Crippen LogP contribution in [0.1, 0.15) is 67.0 Å². The van der Waals surface area contributed by atoms with Crippen LogP contribution >= 0.6 is 0 Å². The molecular formula is C29H32N2O+2. The fourth-order valence-electron chi connectivity index (χ4n) is 5.60. The Bertz CT molecular complexity index is 1250. The van der Waals surface area contributed by atoms with Crippen molar-refractivity contribution < 1.29 is 14.2 Å². The minimum Gasteiger partial charge on any atom is -0.512 e. The van der Waals surface area contributed by atoms with Gasteiger partial charge in [0.25, 0.3) is 0 Å². The molecule has 0 aliphatic carbocycles. The average Bonchev–Trinajstić information content (AvgIpc) is 2.79. The van der Waals surface area contributed by atoms with Crippen molar-refractivity contribution in [1.29, 1.82) is 0 Å². The van der Waals surface area contributed by atoms with Gasteiger partial charge in [0.1, 0.15) is 0 Å². The van der Waals surface area contributed by atoms with E-state index in [-0.39, 0.29) is 0 Å². The molecule has 0 radical (unpaired) electrons. The summed E-state index contributed by atoms with van der Waals surface area (Å²) in [5.74, 6) is 0.826. The number of pyridine rings is 2. The molecule has 4 heterocycles. The zero-order chi connectivity index (χ0) is 22.4. The Hall–Kier alpha value is -3.20. The summed E-state index contributed by atoms with van der Waals surface area (Å²) in [7, 11) is 0. The summed E-state index contributed by atoms with van der Waals surface area (Å²) < 4.78 is 4.69. The number of nitrogens with zero attached hydrogens (tertiary/aromatic N) is 2. The second-order valence-electron chi connectivity index (χ2n) is 9.38. The van der Waals surface area contributed by atoms with Crippen LogP contribution in [0.4, 0.5) is 0 Å². The number of aliphatic hydroxyl groups excluding tert-OH is 1. The summed E-state index contributed by atoms with van der Waals surface area (Å²) in [6.45, 7) is 10.7. The van der Waals surface area contributed by atoms with E-state index in [0.717, 1.165) is 42.6 Å². The largest absolute Gasteiger partial charge is 0.512 e. The number of allylic oxidation sites excluding steroid dienone is 3. The van der Waals surface area contributed by atoms with E-state index < -0.39 is 0 Å². The van der Waals surface area contributed by atoms with Crippen molar-refractivity contribution in [3.8, 4) is 11.3 Å². The fourth-order valence-corrected chi connectivity index (χ4v) is 5.60. The van der Waals surface area contributed by atoms with Crippen LogP contribution in [0.2, 0.25) is 0 Å². The Kier molecular flexibility index (Phi) is 5.21. The molecule has 2 unspecified atom stereocenters. The van der Waals surface area contributed by atoms with Crippen molar-refractivity contribution in [2.45, 2.75) is 58.4 Å². The predicted molar refractivity (Wildman–Crippen MR) is 129 cm³/mol. The molecule has 1 N–H and O–H groups in total. The van der Waals surface area contributed by atoms with Crippen LogP contribution in [-0.2, 0) is 0 Å². The molecule has 0 saturated carbocycles. The molecule has 0 spiro atoms. The van der Waals surface area contributed by atoms with Gasteiger partial charge in [0.05, 0.1) is 17.8 Å². The van der Waals surface area contributed by atoms with Gasteiger partial charge in [-0.25, -0.2) is 0 Å². The Morgan fingerprint density at radius 1 is 1.03 bits per heavy atom. The topological polar surface area (TPSA) is 28.0 Å². The normalized spacial score (nSPS) is 21.7. The van der Waals surface area contributed by atoms with Gasteiger partial charge in [-0.2, -0.15) is 9.13 Å². The van der Waals surface area contributed by atoms with Crippen LogP contribution in [0.5, 0.6) is 0 Å². The summed E-state index contributed by atoms with van der Waals surface area (Å²) in [5, 5.41) is 10.6. The molecule has 5 rings (SSSR count). The highest BCUT2D eigenvalue weighted by atomic mass is 16.3. The number of fused-ring (bicyclic) bond motifs is 7. The molecule has 3 aromatic rings. The van der Waals surface area contributed by atoms with E-state index in [1.54, 1.807) is 0 Å². The molecule has 162 valence electrons. The molecule has 0 saturated heterocycles. The summed E-state index contributed by atoms with van der Waals surface area (Å²) in [6.07, 6.45) is 8.26. The van der Waals surface area contributed by atoms with Gasteiger partial charge in [0.15, 0.2) is 24.1 Å². The van der Waals surface area contributed by atoms with Crippen LogP contribution < -0.4 is 9.13 Å². The Morgan fingerprint density at radius 2 is 1.81 bits per heavy atom. The molecule has 2 aliphatic heterocycles. The lowest BCUT2D eigenvalue weighted by Gasteiger charge is -2.31. The maximum absolute atomic E-state index is 10.6. The monoisotopic (exact) mass is 424 g/mol. The van der Waals surface area contributed by atoms with Crippen LogP contribution in [0, 0.1) is 13.8 Å². The number of aromatic nitrogens is 2. The van der Waals surface area contributed by atoms with Crippen molar-refractivity contribution in [3.05, 3.63) is 95.6 Å². The third-order valence-electron chi connectivity index (χ3n) is 7.38. The number of hydrogen-bond donors (Lipinski definition) is 1. The summed E-state index contributed by atoms with van der Waals surface area (Å²) in [5.41, 5.74) is 9.71. The summed E-state index contributed by atoms with van der Waals surface area (Å²) in [4.78, 5) is 0. The van der Waals surface area contributed by atoms with E-state index in [2.05, 4.69) is 90.5 Å². The highest BCUT2D eigenvalue weighted by molar-refractivity contribution is 5.65. The second kappa shape index (κ2) is 8.05. The molecule has 2 aliphatic rings. The molecule has 3 nitrogen and oxygen atoms in total. The molecule has 1 aromatic carbocycles. The maximum atomic E-state index is 10.6. The maximum Gasteiger partial charge on any atom is 0.217 e. The smallest absolute Gasteiger partial charge is 0.217 e. The van der Waals surface area contributed by atoms with E-state index >= 15 is 0 Å². The molecule has 3 heteroatoms. The first-order chi connectivity index (χ1) is 15.5. The lowest BCUT2D eigenvalue weighted by Crippen LogP contribution is -2.49. The molecule has 32 heavy (non-hydrogen) atoms. The van der Waals surface area contributed by atoms with Crippen LogP contribution in [-0.4, -0.2) is 5.11 Å². The van der Waals surface area contributed by atoms with Crippen LogP contribution in [0.3, 0.4) is 0 Å². The van der Waals surface area contributed by atoms with E-state index in [1.165, 1.54) is 27.9 Å². The van der Waals surface area contributed by atoms with Gasteiger partial charge >= 0.3 is 0 Å². The van der Waals surface area contributed by atoms with Gasteiger partial charge < -0.3 is 5.11 Å². The lowest BCUT2D eigenvalue weighted by atomic mass is 9.78. The average molecular weight is 425 g/mol. The highest BCUT2D eigenvalue weighted by Gasteiger charge is 2.42. The van der Waals surface area contributed by atoms with Crippen molar-refractivity contribution in [1.82, 2.24) is 0 Å². The molecule has 2 atom stereocenters. The molecule has 0 bridgehead atoms. The van der Waals surface area contributed by atoms with E-state index in [4.69, 9.17) is 0 Å². The van der Waals surface area contributed by atoms with Crippen molar-refractivity contribution in [2.75, 3.05) is 0 Å². The number of aliphatic hydroxyl groups is 1. The van der Waals surface area contributed by atoms with Crippen LogP contribution in [0.25, 0.3) is 22.5 Å². The first-order valence-electron chi connectivity index (χ1n) is 11.7. The zero-order valence-electron chi connectivity index (χ0n) is 19.3. The number of rotatable bonds is 0. The third-order valence-corrected chi connectivity index (χ3v) is 7.38. The van der Waals surface area contributed by atoms with Gasteiger partial charge in [0.2, 0.25) is 11.4 Å². The Morgan fingerprint density at radius 3 is 2.62 bits per heavy atom. The van der Waals surface area contributed by atoms with Crippen molar-refractivity contribution in [3.63, 3.8) is 0 Å². The van der Waals surface area contributed by atoms with Gasteiger partial charge in [-0.05, 0) is 69.9 Å². The zero-order valence-corrected chi connectivity index (χ0v) is 19.3. The SMILES string of the molecule is C=C1CC2C(CCC/C(=C(\C)O)c3cc(C)c(C)c[n+]31)c1ccccc1-c1cccc[n+]12. The Balaban J connectivity index is 1.69. The van der Waals surface area contributed by atoms with Crippen molar-refractivity contribution >= 4 is 11.3 Å². The molecule has 2 aromatic heterocycles. The van der Waals surface area contributed by atoms with Gasteiger partial charge in [0, 0.05) is 35.2 Å². The summed E-state index contributed by atoms with van der Waals surface area (Å²) in [6, 6.07) is 17.9. The fraction of sp³-hybridized carbons (Fsp3) is 0.310. The van der Waals surface area contributed by atoms with Crippen molar-refractivity contribution in [2.24, 2.45) is 0 Å². The molecule has 0 amide bonds. The molecule has 0 fully saturated rings. The van der Waals surface area contributed by atoms with Gasteiger partial charge in [-0.1, -0.05) is 18.2 Å². The number of benzene rings is 1. The van der Waals surface area contributed by atoms with E-state index in [0.29, 0.717) is 17.7 Å². The third kappa shape index (κ3) is 3.37. The van der Waals surface area contributed by atoms with Crippen LogP contribution in [0.15, 0.2) is 73.3 Å². The first-order valence-corrected chi connectivity index (χ1v) is 11.7. The van der Waals surface area contributed by atoms with Gasteiger partial charge in [-0.3, -0.25) is 0 Å². The standard InChI is InChI=1S/C29H31N2O/c1-19-16-28-23(22(4)32)12-9-13-26-24-10-5-6-11-25(24)27-14-7-8-15-30(27)29(26)17-21(3)31(28)18-20(19)2/h5-8,10-11,14-16,18,26,29H,3,9,12-13,17H2,1-2,4H3/q+1/p+1. The summed E-state index contributed by atoms with van der Waals surface area (Å²) >= 11 is 0. The number of aryl methyl sites for hydroxylation is 2. The minimum atomic E-state index is 0.316. The number of hydrogen-bond acceptors (Lipinski definition) is 1.